The summed E-state index contributed by atoms with van der Waals surface area (Å²) in [5.41, 5.74) is 11.7. The number of aryl methyl sites for hydroxylation is 2. The van der Waals surface area contributed by atoms with Gasteiger partial charge >= 0.3 is 0 Å². The van der Waals surface area contributed by atoms with Gasteiger partial charge in [0.25, 0.3) is 0 Å². The summed E-state index contributed by atoms with van der Waals surface area (Å²) in [6.07, 6.45) is 15.9. The number of aromatic nitrogens is 1. The van der Waals surface area contributed by atoms with E-state index in [-0.39, 0.29) is 22.3 Å². The van der Waals surface area contributed by atoms with E-state index >= 15 is 0 Å². The molecule has 0 amide bonds. The summed E-state index contributed by atoms with van der Waals surface area (Å²) in [6, 6.07) is 30.3. The Hall–Kier alpha value is -5.44. The van der Waals surface area contributed by atoms with Gasteiger partial charge in [0, 0.05) is 92.3 Å². The van der Waals surface area contributed by atoms with Crippen LogP contribution in [0.15, 0.2) is 138 Å². The molecule has 0 radical (unpaired) electrons. The molecule has 1 atom stereocenters. The summed E-state index contributed by atoms with van der Waals surface area (Å²) in [7, 11) is 7.04. The highest BCUT2D eigenvalue weighted by Crippen LogP contribution is 2.50. The fourth-order valence-corrected chi connectivity index (χ4v) is 9.93. The zero-order chi connectivity index (χ0) is 46.4. The van der Waals surface area contributed by atoms with Gasteiger partial charge < -0.3 is 28.6 Å². The smallest absolute Gasteiger partial charge is 0.222 e. The number of allylic oxidation sites excluding steroid dienone is 7. The van der Waals surface area contributed by atoms with Crippen molar-refractivity contribution in [2.24, 2.45) is 5.41 Å². The lowest BCUT2D eigenvalue weighted by atomic mass is 9.81. The Balaban J connectivity index is 1.35. The molecule has 8 nitrogen and oxygen atoms in total. The fourth-order valence-electron chi connectivity index (χ4n) is 9.93. The Morgan fingerprint density at radius 1 is 0.723 bits per heavy atom. The molecular formula is C57H73N3O5+2. The number of nitrogens with zero attached hydrogens (tertiary/aromatic N) is 3. The van der Waals surface area contributed by atoms with E-state index < -0.39 is 0 Å². The van der Waals surface area contributed by atoms with Gasteiger partial charge in [-0.15, -0.1) is 0 Å². The van der Waals surface area contributed by atoms with Crippen LogP contribution in [0.4, 0.5) is 11.4 Å². The number of ether oxygens (including phenoxy) is 5. The minimum atomic E-state index is -0.253. The quantitative estimate of drug-likeness (QED) is 0.0691. The average Bonchev–Trinajstić information content (AvgIpc) is 3.85. The van der Waals surface area contributed by atoms with Crippen LogP contribution < -0.4 is 18.9 Å². The van der Waals surface area contributed by atoms with E-state index in [1.165, 1.54) is 56.3 Å². The molecule has 0 saturated heterocycles. The molecule has 7 rings (SSSR count). The summed E-state index contributed by atoms with van der Waals surface area (Å²) in [4.78, 5) is 2.48. The van der Waals surface area contributed by atoms with Gasteiger partial charge in [0.15, 0.2) is 31.1 Å². The van der Waals surface area contributed by atoms with Crippen molar-refractivity contribution in [1.82, 2.24) is 0 Å². The Bertz CT molecular complexity index is 2470. The topological polar surface area (TPSA) is 56.3 Å². The van der Waals surface area contributed by atoms with Crippen LogP contribution in [0.5, 0.6) is 11.5 Å². The van der Waals surface area contributed by atoms with Crippen LogP contribution >= 0.6 is 0 Å². The Morgan fingerprint density at radius 2 is 1.42 bits per heavy atom. The fraction of sp³-hybridized carbons (Fsp3) is 0.439. The highest BCUT2D eigenvalue weighted by atomic mass is 16.5. The van der Waals surface area contributed by atoms with Crippen molar-refractivity contribution in [3.63, 3.8) is 0 Å². The number of hydrogen-bond donors (Lipinski definition) is 0. The van der Waals surface area contributed by atoms with Crippen LogP contribution in [-0.4, -0.2) is 65.0 Å². The molecule has 8 heteroatoms. The van der Waals surface area contributed by atoms with Crippen molar-refractivity contribution in [2.45, 2.75) is 104 Å². The van der Waals surface area contributed by atoms with E-state index in [1.807, 2.05) is 0 Å². The lowest BCUT2D eigenvalue weighted by molar-refractivity contribution is -0.708. The molecule has 1 unspecified atom stereocenters. The van der Waals surface area contributed by atoms with E-state index in [1.54, 1.807) is 28.4 Å². The van der Waals surface area contributed by atoms with Crippen LogP contribution in [0.25, 0.3) is 0 Å². The highest BCUT2D eigenvalue weighted by molar-refractivity contribution is 6.03. The molecule has 0 saturated carbocycles. The molecule has 0 spiro atoms. The SMILES string of the molecule is COCCCN1/C(=C/C=C2\CCC(/C=C/C3=[N+](CCCOC)c4ccc(OC)cc4C3(C)C)=C2OC(c2cccc[n+]2CCc2ccccc2)C(C)(C)C)C(C)(C)c2cc(OC)ccc21. The second kappa shape index (κ2) is 20.4. The first-order valence-electron chi connectivity index (χ1n) is 23.5. The predicted octanol–water partition coefficient (Wildman–Crippen LogP) is 11.7. The van der Waals surface area contributed by atoms with E-state index in [2.05, 4.69) is 178 Å². The molecule has 0 bridgehead atoms. The highest BCUT2D eigenvalue weighted by Gasteiger charge is 2.45. The van der Waals surface area contributed by atoms with E-state index in [0.29, 0.717) is 13.2 Å². The molecule has 65 heavy (non-hydrogen) atoms. The maximum absolute atomic E-state index is 7.62. The van der Waals surface area contributed by atoms with Gasteiger partial charge in [-0.1, -0.05) is 71.0 Å². The monoisotopic (exact) mass is 880 g/mol. The molecule has 1 aliphatic carbocycles. The molecule has 4 aromatic rings. The van der Waals surface area contributed by atoms with Crippen LogP contribution in [0.3, 0.4) is 0 Å². The lowest BCUT2D eigenvalue weighted by Crippen LogP contribution is -2.43. The zero-order valence-corrected chi connectivity index (χ0v) is 41.0. The first-order chi connectivity index (χ1) is 31.2. The minimum absolute atomic E-state index is 0.225. The van der Waals surface area contributed by atoms with Crippen LogP contribution in [0, 0.1) is 5.41 Å². The van der Waals surface area contributed by atoms with Crippen molar-refractivity contribution in [1.29, 1.82) is 0 Å². The van der Waals surface area contributed by atoms with E-state index in [0.717, 1.165) is 69.0 Å². The van der Waals surface area contributed by atoms with Crippen LogP contribution in [0.2, 0.25) is 0 Å². The molecule has 0 N–H and O–H groups in total. The van der Waals surface area contributed by atoms with Gasteiger partial charge in [-0.3, -0.25) is 0 Å². The second-order valence-corrected chi connectivity index (χ2v) is 19.7. The van der Waals surface area contributed by atoms with Gasteiger partial charge in [0.05, 0.1) is 26.2 Å². The predicted molar refractivity (Wildman–Crippen MR) is 264 cm³/mol. The molecule has 0 fully saturated rings. The number of pyridine rings is 1. The third kappa shape index (κ3) is 10.2. The maximum Gasteiger partial charge on any atom is 0.222 e. The number of methoxy groups -OCH3 is 4. The van der Waals surface area contributed by atoms with Gasteiger partial charge in [0.2, 0.25) is 11.4 Å². The molecule has 1 aromatic heterocycles. The molecule has 3 aliphatic rings. The van der Waals surface area contributed by atoms with Crippen LogP contribution in [-0.2, 0) is 38.0 Å². The average molecular weight is 880 g/mol. The van der Waals surface area contributed by atoms with Gasteiger partial charge in [-0.25, -0.2) is 0 Å². The van der Waals surface area contributed by atoms with Crippen LogP contribution in [0.1, 0.15) is 103 Å². The van der Waals surface area contributed by atoms with Crippen molar-refractivity contribution in [3.8, 4) is 11.5 Å². The number of rotatable bonds is 19. The maximum atomic E-state index is 7.62. The normalized spacial score (nSPS) is 18.3. The third-order valence-electron chi connectivity index (χ3n) is 13.5. The largest absolute Gasteiger partial charge is 0.497 e. The van der Waals surface area contributed by atoms with Gasteiger partial charge in [-0.05, 0) is 104 Å². The van der Waals surface area contributed by atoms with Crippen molar-refractivity contribution >= 4 is 17.1 Å². The van der Waals surface area contributed by atoms with Gasteiger partial charge in [0.1, 0.15) is 17.3 Å². The van der Waals surface area contributed by atoms with E-state index in [4.69, 9.17) is 23.7 Å². The number of fused-ring (bicyclic) bond motifs is 2. The molecule has 2 aliphatic heterocycles. The number of anilines is 1. The minimum Gasteiger partial charge on any atom is -0.497 e. The zero-order valence-electron chi connectivity index (χ0n) is 41.0. The van der Waals surface area contributed by atoms with Crippen molar-refractivity contribution in [3.05, 3.63) is 160 Å². The number of hydrogen-bond acceptors (Lipinski definition) is 6. The number of benzene rings is 3. The summed E-state index contributed by atoms with van der Waals surface area (Å²) in [5, 5.41) is 0. The van der Waals surface area contributed by atoms with Crippen molar-refractivity contribution in [2.75, 3.05) is 59.6 Å². The first-order valence-corrected chi connectivity index (χ1v) is 23.5. The first kappa shape index (κ1) is 47.5. The third-order valence-corrected chi connectivity index (χ3v) is 13.5. The molecule has 3 aromatic carbocycles. The summed E-state index contributed by atoms with van der Waals surface area (Å²) < 4.78 is 35.0. The lowest BCUT2D eigenvalue weighted by Gasteiger charge is -2.31. The summed E-state index contributed by atoms with van der Waals surface area (Å²) in [6.45, 7) is 20.2. The van der Waals surface area contributed by atoms with Gasteiger partial charge in [-0.2, -0.15) is 9.14 Å². The molecule has 3 heterocycles. The summed E-state index contributed by atoms with van der Waals surface area (Å²) in [5.74, 6) is 2.72. The Morgan fingerprint density at radius 3 is 2.12 bits per heavy atom. The summed E-state index contributed by atoms with van der Waals surface area (Å²) >= 11 is 0. The Kier molecular flexibility index (Phi) is 14.9. The van der Waals surface area contributed by atoms with Crippen molar-refractivity contribution < 1.29 is 32.8 Å². The Labute approximate surface area is 389 Å². The standard InChI is InChI=1S/C57H73N3O5/c1-55(2,3)54(50-21-15-16-33-58(50)36-32-41-19-13-12-14-20-41)65-53-42(24-30-51-56(4,5)46-39-44(63-10)26-28-48(46)59(51)34-17-37-61-8)22-23-43(53)25-31-52-57(6,7)47-40-45(64-11)27-29-49(47)60(52)35-18-38-62-9/h12-16,19-21,24-31,33,39-40,54H,17-18,22-23,32,34-38H2,1-11H3/q+2. The molecular weight excluding hydrogens is 807 g/mol. The molecule has 344 valence electrons. The van der Waals surface area contributed by atoms with E-state index in [9.17, 15) is 0 Å². The second-order valence-electron chi connectivity index (χ2n) is 19.7.